The van der Waals surface area contributed by atoms with E-state index in [1.165, 1.54) is 23.4 Å². The molecule has 1 aliphatic rings. The monoisotopic (exact) mass is 605 g/mol. The predicted octanol–water partition coefficient (Wildman–Crippen LogP) is 7.83. The average Bonchev–Trinajstić information content (AvgIpc) is 3.42. The van der Waals surface area contributed by atoms with E-state index in [4.69, 9.17) is 14.8 Å². The molecule has 2 N–H and O–H groups in total. The highest BCUT2D eigenvalue weighted by molar-refractivity contribution is 7.98. The lowest BCUT2D eigenvalue weighted by atomic mass is 9.95. The van der Waals surface area contributed by atoms with Crippen LogP contribution in [-0.2, 0) is 17.2 Å². The van der Waals surface area contributed by atoms with E-state index in [1.807, 2.05) is 80.6 Å². The Bertz CT molecular complexity index is 1850. The van der Waals surface area contributed by atoms with Gasteiger partial charge < -0.3 is 15.4 Å². The molecule has 44 heavy (non-hydrogen) atoms. The van der Waals surface area contributed by atoms with Gasteiger partial charge in [-0.25, -0.2) is 9.07 Å². The van der Waals surface area contributed by atoms with Crippen LogP contribution in [-0.4, -0.2) is 20.7 Å². The maximum atomic E-state index is 14.3. The third kappa shape index (κ3) is 6.38. The van der Waals surface area contributed by atoms with Gasteiger partial charge in [0.15, 0.2) is 0 Å². The first-order valence-corrected chi connectivity index (χ1v) is 15.3. The van der Waals surface area contributed by atoms with Gasteiger partial charge in [-0.3, -0.25) is 4.79 Å². The number of hydrogen-bond donors (Lipinski definition) is 2. The van der Waals surface area contributed by atoms with Crippen LogP contribution in [0.2, 0.25) is 0 Å². The van der Waals surface area contributed by atoms with Crippen LogP contribution in [0.15, 0.2) is 113 Å². The first-order valence-electron chi connectivity index (χ1n) is 14.3. The number of aryl methyl sites for hydroxylation is 2. The average molecular weight is 606 g/mol. The zero-order valence-electron chi connectivity index (χ0n) is 24.7. The van der Waals surface area contributed by atoms with Crippen molar-refractivity contribution in [1.29, 1.82) is 0 Å². The normalized spacial score (nSPS) is 14.1. The third-order valence-corrected chi connectivity index (χ3v) is 8.36. The second-order valence-corrected chi connectivity index (χ2v) is 11.7. The quantitative estimate of drug-likeness (QED) is 0.167. The number of nitrogens with one attached hydrogen (secondary N) is 2. The van der Waals surface area contributed by atoms with Crippen molar-refractivity contribution in [2.24, 2.45) is 0 Å². The van der Waals surface area contributed by atoms with Crippen molar-refractivity contribution in [2.45, 2.75) is 44.3 Å². The molecule has 0 saturated carbocycles. The summed E-state index contributed by atoms with van der Waals surface area (Å²) in [6, 6.07) is 29.7. The number of benzene rings is 4. The SMILES string of the molecule is CC1=C(C(=O)Nc2ccccc2C)C(c2ccc(OCc3cccc(C)c3)cc2)n2nc(SCc3ccccc3F)nc2N1. The van der Waals surface area contributed by atoms with Gasteiger partial charge in [0.2, 0.25) is 11.1 Å². The molecule has 1 aliphatic heterocycles. The van der Waals surface area contributed by atoms with Crippen molar-refractivity contribution in [3.05, 3.63) is 142 Å². The van der Waals surface area contributed by atoms with Gasteiger partial charge in [-0.2, -0.15) is 4.98 Å². The summed E-state index contributed by atoms with van der Waals surface area (Å²) in [5, 5.41) is 11.6. The molecule has 1 unspecified atom stereocenters. The summed E-state index contributed by atoms with van der Waals surface area (Å²) in [4.78, 5) is 18.6. The number of aromatic nitrogens is 3. The van der Waals surface area contributed by atoms with Crippen molar-refractivity contribution in [3.63, 3.8) is 0 Å². The first-order chi connectivity index (χ1) is 21.4. The number of fused-ring (bicyclic) bond motifs is 1. The van der Waals surface area contributed by atoms with E-state index < -0.39 is 6.04 Å². The highest BCUT2D eigenvalue weighted by atomic mass is 32.2. The topological polar surface area (TPSA) is 81.1 Å². The van der Waals surface area contributed by atoms with Crippen LogP contribution in [0.1, 0.15) is 40.8 Å². The molecule has 0 aliphatic carbocycles. The molecular weight excluding hydrogens is 573 g/mol. The summed E-state index contributed by atoms with van der Waals surface area (Å²) in [5.41, 5.74) is 6.58. The fourth-order valence-electron chi connectivity index (χ4n) is 5.17. The van der Waals surface area contributed by atoms with Gasteiger partial charge in [0, 0.05) is 17.1 Å². The summed E-state index contributed by atoms with van der Waals surface area (Å²) >= 11 is 1.34. The third-order valence-electron chi connectivity index (χ3n) is 7.47. The Hall–Kier alpha value is -4.89. The summed E-state index contributed by atoms with van der Waals surface area (Å²) < 4.78 is 22.1. The first kappa shape index (κ1) is 29.2. The van der Waals surface area contributed by atoms with Crippen LogP contribution in [0.25, 0.3) is 0 Å². The number of amides is 1. The fraction of sp³-hybridized carbons (Fsp3) is 0.171. The molecule has 6 rings (SSSR count). The van der Waals surface area contributed by atoms with Crippen LogP contribution >= 0.6 is 11.8 Å². The number of thioether (sulfide) groups is 1. The Morgan fingerprint density at radius 3 is 2.52 bits per heavy atom. The number of allylic oxidation sites excluding steroid dienone is 1. The Labute approximate surface area is 260 Å². The number of hydrogen-bond acceptors (Lipinski definition) is 6. The molecule has 9 heteroatoms. The largest absolute Gasteiger partial charge is 0.489 e. The lowest BCUT2D eigenvalue weighted by molar-refractivity contribution is -0.113. The second kappa shape index (κ2) is 12.8. The number of ether oxygens (including phenoxy) is 1. The van der Waals surface area contributed by atoms with E-state index in [-0.39, 0.29) is 11.7 Å². The standard InChI is InChI=1S/C35H32FN5O2S/c1-22-9-8-11-25(19-22)20-43-28-17-15-26(16-18-28)32-31(33(42)38-30-14-7-4-10-23(30)2)24(3)37-34-39-35(40-41(32)34)44-21-27-12-5-6-13-29(27)36/h4-19,32H,20-21H2,1-3H3,(H,38,42)(H,37,39,40). The number of carbonyl (C=O) groups excluding carboxylic acids is 1. The molecule has 1 atom stereocenters. The van der Waals surface area contributed by atoms with Gasteiger partial charge in [-0.15, -0.1) is 5.10 Å². The zero-order valence-corrected chi connectivity index (χ0v) is 25.5. The maximum Gasteiger partial charge on any atom is 0.255 e. The van der Waals surface area contributed by atoms with E-state index in [9.17, 15) is 9.18 Å². The van der Waals surface area contributed by atoms with Crippen molar-refractivity contribution >= 4 is 29.3 Å². The van der Waals surface area contributed by atoms with E-state index in [1.54, 1.807) is 16.8 Å². The number of anilines is 2. The second-order valence-electron chi connectivity index (χ2n) is 10.7. The van der Waals surface area contributed by atoms with E-state index >= 15 is 0 Å². The van der Waals surface area contributed by atoms with Crippen LogP contribution < -0.4 is 15.4 Å². The highest BCUT2D eigenvalue weighted by Crippen LogP contribution is 2.38. The van der Waals surface area contributed by atoms with Gasteiger partial charge in [0.25, 0.3) is 5.91 Å². The Morgan fingerprint density at radius 2 is 1.75 bits per heavy atom. The lowest BCUT2D eigenvalue weighted by Gasteiger charge is -2.29. The Morgan fingerprint density at radius 1 is 0.977 bits per heavy atom. The maximum absolute atomic E-state index is 14.3. The summed E-state index contributed by atoms with van der Waals surface area (Å²) in [7, 11) is 0. The van der Waals surface area contributed by atoms with Crippen molar-refractivity contribution in [1.82, 2.24) is 14.8 Å². The van der Waals surface area contributed by atoms with Gasteiger partial charge in [0.1, 0.15) is 24.2 Å². The number of nitrogens with zero attached hydrogens (tertiary/aromatic N) is 3. The summed E-state index contributed by atoms with van der Waals surface area (Å²) in [5.74, 6) is 1.10. The summed E-state index contributed by atoms with van der Waals surface area (Å²) in [6.07, 6.45) is 0. The molecule has 222 valence electrons. The van der Waals surface area contributed by atoms with Crippen LogP contribution in [0.4, 0.5) is 16.0 Å². The highest BCUT2D eigenvalue weighted by Gasteiger charge is 2.34. The number of carbonyl (C=O) groups is 1. The molecule has 0 saturated heterocycles. The number of halogens is 1. The minimum absolute atomic E-state index is 0.240. The molecule has 0 bridgehead atoms. The zero-order chi connectivity index (χ0) is 30.6. The molecule has 4 aromatic carbocycles. The van der Waals surface area contributed by atoms with Gasteiger partial charge >= 0.3 is 0 Å². The molecule has 0 fully saturated rings. The van der Waals surface area contributed by atoms with Crippen LogP contribution in [0.3, 0.4) is 0 Å². The smallest absolute Gasteiger partial charge is 0.255 e. The predicted molar refractivity (Wildman–Crippen MR) is 172 cm³/mol. The van der Waals surface area contributed by atoms with Gasteiger partial charge in [-0.1, -0.05) is 90.1 Å². The lowest BCUT2D eigenvalue weighted by Crippen LogP contribution is -2.31. The van der Waals surface area contributed by atoms with Crippen molar-refractivity contribution in [3.8, 4) is 5.75 Å². The Kier molecular flexibility index (Phi) is 8.47. The minimum atomic E-state index is -0.559. The van der Waals surface area contributed by atoms with Crippen LogP contribution in [0, 0.1) is 19.7 Å². The molecule has 7 nitrogen and oxygen atoms in total. The van der Waals surface area contributed by atoms with E-state index in [0.29, 0.717) is 40.3 Å². The number of para-hydroxylation sites is 1. The van der Waals surface area contributed by atoms with Gasteiger partial charge in [-0.05, 0) is 67.3 Å². The molecule has 5 aromatic rings. The van der Waals surface area contributed by atoms with Crippen molar-refractivity contribution in [2.75, 3.05) is 10.6 Å². The van der Waals surface area contributed by atoms with Crippen LogP contribution in [0.5, 0.6) is 5.75 Å². The molecule has 1 amide bonds. The molecule has 2 heterocycles. The molecular formula is C35H32FN5O2S. The molecule has 0 radical (unpaired) electrons. The van der Waals surface area contributed by atoms with E-state index in [0.717, 1.165) is 28.1 Å². The van der Waals surface area contributed by atoms with Crippen molar-refractivity contribution < 1.29 is 13.9 Å². The fourth-order valence-corrected chi connectivity index (χ4v) is 5.99. The minimum Gasteiger partial charge on any atom is -0.489 e. The summed E-state index contributed by atoms with van der Waals surface area (Å²) in [6.45, 7) is 6.33. The van der Waals surface area contributed by atoms with E-state index in [2.05, 4.69) is 29.7 Å². The molecule has 0 spiro atoms. The Balaban J connectivity index is 1.30. The molecule has 1 aromatic heterocycles. The number of rotatable bonds is 9. The van der Waals surface area contributed by atoms with Gasteiger partial charge in [0.05, 0.1) is 5.57 Å².